The van der Waals surface area contributed by atoms with Gasteiger partial charge in [-0.05, 0) is 38.8 Å². The van der Waals surface area contributed by atoms with Crippen molar-refractivity contribution in [2.24, 2.45) is 0 Å². The minimum absolute atomic E-state index is 0.0599. The monoisotopic (exact) mass is 355 g/mol. The van der Waals surface area contributed by atoms with E-state index in [0.29, 0.717) is 10.0 Å². The highest BCUT2D eigenvalue weighted by atomic mass is 79.9. The third-order valence-electron chi connectivity index (χ3n) is 2.57. The Kier molecular flexibility index (Phi) is 4.58. The largest absolute Gasteiger partial charge is 0.460 e. The van der Waals surface area contributed by atoms with E-state index in [9.17, 15) is 14.9 Å². The summed E-state index contributed by atoms with van der Waals surface area (Å²) < 4.78 is 6.38. The molecule has 1 heterocycles. The van der Waals surface area contributed by atoms with Gasteiger partial charge in [0.1, 0.15) is 4.47 Å². The molecule has 0 amide bonds. The number of esters is 1. The minimum atomic E-state index is -0.649. The van der Waals surface area contributed by atoms with Crippen LogP contribution < -0.4 is 0 Å². The number of hydrogen-bond donors (Lipinski definition) is 0. The number of tetrazole rings is 1. The molecular formula is C11H10BrN5O4. The van der Waals surface area contributed by atoms with Crippen molar-refractivity contribution in [3.63, 3.8) is 0 Å². The third-order valence-corrected chi connectivity index (χ3v) is 3.48. The maximum atomic E-state index is 11.7. The van der Waals surface area contributed by atoms with Gasteiger partial charge >= 0.3 is 5.97 Å². The molecule has 0 aliphatic heterocycles. The molecule has 0 radical (unpaired) electrons. The van der Waals surface area contributed by atoms with Crippen molar-refractivity contribution in [2.75, 3.05) is 6.61 Å². The van der Waals surface area contributed by atoms with Gasteiger partial charge in [-0.15, -0.1) is 5.10 Å². The summed E-state index contributed by atoms with van der Waals surface area (Å²) in [5.74, 6) is -0.709. The topological polar surface area (TPSA) is 113 Å². The smallest absolute Gasteiger partial charge is 0.378 e. The summed E-state index contributed by atoms with van der Waals surface area (Å²) in [6, 6.07) is 4.60. The number of halogens is 1. The first kappa shape index (κ1) is 15.0. The summed E-state index contributed by atoms with van der Waals surface area (Å²) in [5.41, 5.74) is 0.500. The zero-order valence-electron chi connectivity index (χ0n) is 10.9. The maximum Gasteiger partial charge on any atom is 0.378 e. The molecule has 0 bridgehead atoms. The Balaban J connectivity index is 2.32. The number of hydrogen-bond acceptors (Lipinski definition) is 7. The van der Waals surface area contributed by atoms with Crippen LogP contribution in [-0.2, 0) is 11.3 Å². The summed E-state index contributed by atoms with van der Waals surface area (Å²) in [6.07, 6.45) is 0. The Morgan fingerprint density at radius 3 is 2.95 bits per heavy atom. The molecule has 110 valence electrons. The highest BCUT2D eigenvalue weighted by molar-refractivity contribution is 9.10. The third kappa shape index (κ3) is 3.21. The number of carbonyl (C=O) groups is 1. The summed E-state index contributed by atoms with van der Waals surface area (Å²) >= 11 is 3.18. The quantitative estimate of drug-likeness (QED) is 0.454. The fourth-order valence-electron chi connectivity index (χ4n) is 1.64. The minimum Gasteiger partial charge on any atom is -0.460 e. The number of carbonyl (C=O) groups excluding carboxylic acids is 1. The average Bonchev–Trinajstić information content (AvgIpc) is 2.89. The molecule has 10 heteroatoms. The summed E-state index contributed by atoms with van der Waals surface area (Å²) in [7, 11) is 0. The number of benzene rings is 1. The number of nitro groups is 1. The van der Waals surface area contributed by atoms with Gasteiger partial charge in [0.15, 0.2) is 0 Å². The normalized spacial score (nSPS) is 10.4. The molecule has 2 aromatic rings. The lowest BCUT2D eigenvalue weighted by Crippen LogP contribution is -2.15. The van der Waals surface area contributed by atoms with E-state index >= 15 is 0 Å². The Labute approximate surface area is 127 Å². The molecule has 0 N–H and O–H groups in total. The van der Waals surface area contributed by atoms with E-state index in [0.717, 1.165) is 0 Å². The van der Waals surface area contributed by atoms with Crippen LogP contribution in [0.25, 0.3) is 0 Å². The molecule has 0 atom stereocenters. The van der Waals surface area contributed by atoms with E-state index in [1.54, 1.807) is 19.1 Å². The Bertz CT molecular complexity index is 687. The van der Waals surface area contributed by atoms with Crippen LogP contribution in [0.2, 0.25) is 0 Å². The molecule has 0 saturated heterocycles. The molecule has 1 aromatic heterocycles. The highest BCUT2D eigenvalue weighted by Gasteiger charge is 2.20. The van der Waals surface area contributed by atoms with Crippen LogP contribution in [0.5, 0.6) is 0 Å². The fraction of sp³-hybridized carbons (Fsp3) is 0.273. The van der Waals surface area contributed by atoms with Crippen molar-refractivity contribution < 1.29 is 14.5 Å². The van der Waals surface area contributed by atoms with Crippen LogP contribution in [0.1, 0.15) is 23.1 Å². The fourth-order valence-corrected chi connectivity index (χ4v) is 2.18. The SMILES string of the molecule is CCOC(=O)c1nnnn1Cc1cccc([N+](=O)[O-])c1Br. The van der Waals surface area contributed by atoms with Gasteiger partial charge in [0.05, 0.1) is 18.1 Å². The van der Waals surface area contributed by atoms with Gasteiger partial charge in [-0.25, -0.2) is 9.48 Å². The maximum absolute atomic E-state index is 11.7. The summed E-state index contributed by atoms with van der Waals surface area (Å²) in [4.78, 5) is 22.1. The van der Waals surface area contributed by atoms with Gasteiger partial charge in [0.25, 0.3) is 11.5 Å². The van der Waals surface area contributed by atoms with Crippen molar-refractivity contribution in [3.8, 4) is 0 Å². The lowest BCUT2D eigenvalue weighted by atomic mass is 10.2. The van der Waals surface area contributed by atoms with Gasteiger partial charge < -0.3 is 4.74 Å². The molecule has 0 spiro atoms. The molecular weight excluding hydrogens is 346 g/mol. The second kappa shape index (κ2) is 6.39. The standard InChI is InChI=1S/C11H10BrN5O4/c1-2-21-11(18)10-13-14-15-16(10)6-7-4-3-5-8(9(7)12)17(19)20/h3-5H,2,6H2,1H3. The lowest BCUT2D eigenvalue weighted by molar-refractivity contribution is -0.385. The van der Waals surface area contributed by atoms with E-state index < -0.39 is 10.9 Å². The predicted octanol–water partition coefficient (Wildman–Crippen LogP) is 1.57. The van der Waals surface area contributed by atoms with Gasteiger partial charge in [-0.2, -0.15) is 0 Å². The van der Waals surface area contributed by atoms with Gasteiger partial charge in [0, 0.05) is 6.07 Å². The summed E-state index contributed by atoms with van der Waals surface area (Å²) in [6.45, 7) is 1.97. The molecule has 21 heavy (non-hydrogen) atoms. The zero-order chi connectivity index (χ0) is 15.4. The van der Waals surface area contributed by atoms with Crippen LogP contribution in [-0.4, -0.2) is 37.7 Å². The Hall–Kier alpha value is -2.36. The summed E-state index contributed by atoms with van der Waals surface area (Å²) in [5, 5.41) is 21.6. The molecule has 0 unspecified atom stereocenters. The Morgan fingerprint density at radius 2 is 2.29 bits per heavy atom. The molecule has 1 aromatic carbocycles. The first-order chi connectivity index (χ1) is 10.0. The van der Waals surface area contributed by atoms with Crippen molar-refractivity contribution in [3.05, 3.63) is 44.2 Å². The van der Waals surface area contributed by atoms with E-state index in [1.165, 1.54) is 10.7 Å². The molecule has 0 aliphatic rings. The number of ether oxygens (including phenoxy) is 1. The molecule has 0 aliphatic carbocycles. The first-order valence-corrected chi connectivity index (χ1v) is 6.69. The number of rotatable bonds is 5. The average molecular weight is 356 g/mol. The van der Waals surface area contributed by atoms with Gasteiger partial charge in [0.2, 0.25) is 0 Å². The van der Waals surface area contributed by atoms with Crippen molar-refractivity contribution in [2.45, 2.75) is 13.5 Å². The van der Waals surface area contributed by atoms with Crippen molar-refractivity contribution in [1.82, 2.24) is 20.2 Å². The van der Waals surface area contributed by atoms with Crippen LogP contribution >= 0.6 is 15.9 Å². The van der Waals surface area contributed by atoms with Crippen molar-refractivity contribution in [1.29, 1.82) is 0 Å². The predicted molar refractivity (Wildman–Crippen MR) is 73.7 cm³/mol. The Morgan fingerprint density at radius 1 is 1.52 bits per heavy atom. The lowest BCUT2D eigenvalue weighted by Gasteiger charge is -2.06. The van der Waals surface area contributed by atoms with E-state index in [2.05, 4.69) is 31.5 Å². The van der Waals surface area contributed by atoms with Crippen molar-refractivity contribution >= 4 is 27.6 Å². The van der Waals surface area contributed by atoms with E-state index in [4.69, 9.17) is 4.74 Å². The van der Waals surface area contributed by atoms with Crippen LogP contribution in [0, 0.1) is 10.1 Å². The molecule has 0 saturated carbocycles. The molecule has 0 fully saturated rings. The number of nitro benzene ring substituents is 1. The van der Waals surface area contributed by atoms with Crippen LogP contribution in [0.15, 0.2) is 22.7 Å². The van der Waals surface area contributed by atoms with E-state index in [-0.39, 0.29) is 24.7 Å². The van der Waals surface area contributed by atoms with Crippen LogP contribution in [0.4, 0.5) is 5.69 Å². The molecule has 9 nitrogen and oxygen atoms in total. The second-order valence-electron chi connectivity index (χ2n) is 3.89. The zero-order valence-corrected chi connectivity index (χ0v) is 12.5. The van der Waals surface area contributed by atoms with Crippen LogP contribution in [0.3, 0.4) is 0 Å². The van der Waals surface area contributed by atoms with Gasteiger partial charge in [-0.1, -0.05) is 12.1 Å². The highest BCUT2D eigenvalue weighted by Crippen LogP contribution is 2.28. The van der Waals surface area contributed by atoms with E-state index in [1.807, 2.05) is 0 Å². The number of aromatic nitrogens is 4. The first-order valence-electron chi connectivity index (χ1n) is 5.89. The molecule has 2 rings (SSSR count). The number of nitrogens with zero attached hydrogens (tertiary/aromatic N) is 5. The van der Waals surface area contributed by atoms with Gasteiger partial charge in [-0.3, -0.25) is 10.1 Å². The second-order valence-corrected chi connectivity index (χ2v) is 4.68.